The zero-order chi connectivity index (χ0) is 13.5. The third-order valence-electron chi connectivity index (χ3n) is 3.79. The van der Waals surface area contributed by atoms with E-state index in [0.717, 1.165) is 11.1 Å². The summed E-state index contributed by atoms with van der Waals surface area (Å²) in [7, 11) is 0. The molecule has 1 aromatic rings. The van der Waals surface area contributed by atoms with Gasteiger partial charge in [-0.3, -0.25) is 0 Å². The normalized spacial score (nSPS) is 19.4. The van der Waals surface area contributed by atoms with Gasteiger partial charge in [0.1, 0.15) is 5.66 Å². The number of aryl methyl sites for hydroxylation is 2. The first-order chi connectivity index (χ1) is 8.30. The summed E-state index contributed by atoms with van der Waals surface area (Å²) in [5.41, 5.74) is 17.4. The molecule has 2 nitrogen and oxygen atoms in total. The molecule has 18 heavy (non-hydrogen) atoms. The summed E-state index contributed by atoms with van der Waals surface area (Å²) in [5, 5.41) is 0. The van der Waals surface area contributed by atoms with E-state index in [1.54, 1.807) is 0 Å². The topological polar surface area (TPSA) is 52.0 Å². The Morgan fingerprint density at radius 2 is 1.28 bits per heavy atom. The monoisotopic (exact) mass is 242 g/mol. The molecule has 2 heteroatoms. The minimum atomic E-state index is -0.782. The molecule has 0 amide bonds. The predicted octanol–water partition coefficient (Wildman–Crippen LogP) is 2.91. The number of benzene rings is 1. The number of hydrogen-bond donors (Lipinski definition) is 2. The van der Waals surface area contributed by atoms with Crippen LogP contribution in [-0.4, -0.2) is 5.66 Å². The quantitative estimate of drug-likeness (QED) is 0.587. The summed E-state index contributed by atoms with van der Waals surface area (Å²) in [6.07, 6.45) is 4.34. The van der Waals surface area contributed by atoms with Crippen molar-refractivity contribution in [1.82, 2.24) is 0 Å². The highest BCUT2D eigenvalue weighted by Crippen LogP contribution is 2.32. The van der Waals surface area contributed by atoms with Crippen molar-refractivity contribution in [1.29, 1.82) is 0 Å². The predicted molar refractivity (Wildman–Crippen MR) is 77.3 cm³/mol. The Hall–Kier alpha value is -1.38. The van der Waals surface area contributed by atoms with Crippen LogP contribution in [0.15, 0.2) is 41.5 Å². The van der Waals surface area contributed by atoms with Gasteiger partial charge in [-0.25, -0.2) is 0 Å². The Bertz CT molecular complexity index is 494. The molecule has 0 radical (unpaired) electrons. The van der Waals surface area contributed by atoms with E-state index in [4.69, 9.17) is 11.5 Å². The first kappa shape index (κ1) is 13.1. The summed E-state index contributed by atoms with van der Waals surface area (Å²) >= 11 is 0. The van der Waals surface area contributed by atoms with Crippen LogP contribution >= 0.6 is 0 Å². The maximum Gasteiger partial charge on any atom is 0.108 e. The molecular formula is C16H22N2. The smallest absolute Gasteiger partial charge is 0.108 e. The fourth-order valence-corrected chi connectivity index (χ4v) is 2.57. The summed E-state index contributed by atoms with van der Waals surface area (Å²) in [6.45, 7) is 8.27. The van der Waals surface area contributed by atoms with Crippen LogP contribution in [0.3, 0.4) is 0 Å². The summed E-state index contributed by atoms with van der Waals surface area (Å²) in [6, 6.07) is 6.64. The lowest BCUT2D eigenvalue weighted by atomic mass is 9.81. The summed E-state index contributed by atoms with van der Waals surface area (Å²) in [4.78, 5) is 0. The fourth-order valence-electron chi connectivity index (χ4n) is 2.57. The molecule has 0 fully saturated rings. The Kier molecular flexibility index (Phi) is 3.18. The number of rotatable bonds is 1. The van der Waals surface area contributed by atoms with Gasteiger partial charge in [0, 0.05) is 5.92 Å². The van der Waals surface area contributed by atoms with Gasteiger partial charge < -0.3 is 11.5 Å². The number of hydrogen-bond acceptors (Lipinski definition) is 2. The fraction of sp³-hybridized carbons (Fsp3) is 0.375. The molecule has 0 bridgehead atoms. The number of allylic oxidation sites excluding steroid dienone is 2. The SMILES string of the molecule is CC1=CC(c2cc(C)cc(C)c2)C=C(C)C1(N)N. The van der Waals surface area contributed by atoms with Gasteiger partial charge in [-0.15, -0.1) is 0 Å². The Morgan fingerprint density at radius 1 is 0.833 bits per heavy atom. The van der Waals surface area contributed by atoms with Gasteiger partial charge in [0.25, 0.3) is 0 Å². The van der Waals surface area contributed by atoms with Gasteiger partial charge in [-0.1, -0.05) is 41.5 Å². The van der Waals surface area contributed by atoms with Crippen LogP contribution in [0, 0.1) is 13.8 Å². The molecule has 0 aliphatic heterocycles. The van der Waals surface area contributed by atoms with Crippen molar-refractivity contribution in [3.05, 3.63) is 58.2 Å². The molecule has 0 heterocycles. The van der Waals surface area contributed by atoms with E-state index in [1.807, 2.05) is 13.8 Å². The lowest BCUT2D eigenvalue weighted by Crippen LogP contribution is -2.52. The van der Waals surface area contributed by atoms with E-state index in [9.17, 15) is 0 Å². The Morgan fingerprint density at radius 3 is 1.72 bits per heavy atom. The minimum absolute atomic E-state index is 0.281. The molecule has 0 saturated carbocycles. The lowest BCUT2D eigenvalue weighted by Gasteiger charge is -2.33. The largest absolute Gasteiger partial charge is 0.306 e. The molecule has 0 spiro atoms. The molecule has 1 aliphatic rings. The van der Waals surface area contributed by atoms with Crippen LogP contribution in [-0.2, 0) is 0 Å². The third-order valence-corrected chi connectivity index (χ3v) is 3.79. The Labute approximate surface area is 109 Å². The van der Waals surface area contributed by atoms with Crippen LogP contribution in [0.4, 0.5) is 0 Å². The first-order valence-corrected chi connectivity index (χ1v) is 6.34. The van der Waals surface area contributed by atoms with E-state index < -0.39 is 5.66 Å². The van der Waals surface area contributed by atoms with Crippen molar-refractivity contribution >= 4 is 0 Å². The van der Waals surface area contributed by atoms with E-state index in [-0.39, 0.29) is 5.92 Å². The van der Waals surface area contributed by atoms with Crippen molar-refractivity contribution in [2.75, 3.05) is 0 Å². The van der Waals surface area contributed by atoms with Gasteiger partial charge >= 0.3 is 0 Å². The average Bonchev–Trinajstić information content (AvgIpc) is 2.24. The highest BCUT2D eigenvalue weighted by molar-refractivity contribution is 5.44. The van der Waals surface area contributed by atoms with Crippen LogP contribution in [0.1, 0.15) is 36.5 Å². The van der Waals surface area contributed by atoms with Gasteiger partial charge in [0.15, 0.2) is 0 Å². The molecule has 0 aromatic heterocycles. The van der Waals surface area contributed by atoms with Gasteiger partial charge in [0.05, 0.1) is 0 Å². The molecule has 1 aliphatic carbocycles. The van der Waals surface area contributed by atoms with Crippen molar-refractivity contribution in [3.63, 3.8) is 0 Å². The van der Waals surface area contributed by atoms with Gasteiger partial charge in [0.2, 0.25) is 0 Å². The van der Waals surface area contributed by atoms with Crippen molar-refractivity contribution < 1.29 is 0 Å². The number of nitrogens with two attached hydrogens (primary N) is 2. The molecule has 96 valence electrons. The second kappa shape index (κ2) is 4.38. The van der Waals surface area contributed by atoms with E-state index in [0.29, 0.717) is 0 Å². The highest BCUT2D eigenvalue weighted by atomic mass is 15.0. The third kappa shape index (κ3) is 2.26. The van der Waals surface area contributed by atoms with Crippen LogP contribution in [0.5, 0.6) is 0 Å². The average molecular weight is 242 g/mol. The summed E-state index contributed by atoms with van der Waals surface area (Å²) in [5.74, 6) is 0.281. The minimum Gasteiger partial charge on any atom is -0.306 e. The maximum atomic E-state index is 6.11. The molecule has 1 aromatic carbocycles. The van der Waals surface area contributed by atoms with Crippen LogP contribution in [0.2, 0.25) is 0 Å². The zero-order valence-electron chi connectivity index (χ0n) is 11.6. The van der Waals surface area contributed by atoms with Crippen molar-refractivity contribution in [2.24, 2.45) is 11.5 Å². The summed E-state index contributed by atoms with van der Waals surface area (Å²) < 4.78 is 0. The molecule has 0 atom stereocenters. The lowest BCUT2D eigenvalue weighted by molar-refractivity contribution is 0.588. The Balaban J connectivity index is 2.45. The van der Waals surface area contributed by atoms with E-state index in [1.165, 1.54) is 16.7 Å². The van der Waals surface area contributed by atoms with Gasteiger partial charge in [-0.05, 0) is 44.4 Å². The molecular weight excluding hydrogens is 220 g/mol. The van der Waals surface area contributed by atoms with Crippen LogP contribution in [0.25, 0.3) is 0 Å². The van der Waals surface area contributed by atoms with Gasteiger partial charge in [-0.2, -0.15) is 0 Å². The first-order valence-electron chi connectivity index (χ1n) is 6.34. The standard InChI is InChI=1S/C16H22N2/c1-10-5-11(2)7-14(6-10)15-8-12(3)16(17,18)13(4)9-15/h5-9,15H,17-18H2,1-4H3. The molecule has 0 unspecified atom stereocenters. The zero-order valence-corrected chi connectivity index (χ0v) is 11.6. The molecule has 0 saturated heterocycles. The van der Waals surface area contributed by atoms with Crippen molar-refractivity contribution in [2.45, 2.75) is 39.3 Å². The highest BCUT2D eigenvalue weighted by Gasteiger charge is 2.28. The second-order valence-corrected chi connectivity index (χ2v) is 5.52. The molecule has 2 rings (SSSR count). The van der Waals surface area contributed by atoms with E-state index in [2.05, 4.69) is 44.2 Å². The second-order valence-electron chi connectivity index (χ2n) is 5.52. The van der Waals surface area contributed by atoms with E-state index >= 15 is 0 Å². The van der Waals surface area contributed by atoms with Crippen LogP contribution < -0.4 is 11.5 Å². The molecule has 4 N–H and O–H groups in total. The van der Waals surface area contributed by atoms with Crippen molar-refractivity contribution in [3.8, 4) is 0 Å². The maximum absolute atomic E-state index is 6.11.